The Morgan fingerprint density at radius 1 is 0.694 bits per heavy atom. The second-order valence-corrected chi connectivity index (χ2v) is 9.81. The van der Waals surface area contributed by atoms with Crippen molar-refractivity contribution in [1.82, 2.24) is 0 Å². The minimum atomic E-state index is -1.11. The summed E-state index contributed by atoms with van der Waals surface area (Å²) >= 11 is 6.92. The number of ketones is 1. The molecule has 0 aliphatic heterocycles. The lowest BCUT2D eigenvalue weighted by Crippen LogP contribution is -2.31. The molecule has 0 aliphatic rings. The van der Waals surface area contributed by atoms with Crippen LogP contribution in [0.3, 0.4) is 0 Å². The SMILES string of the molecule is O=C(Nc1cccc(C(=O)O[C@@H](C(=O)c2ccccc2)[C@@H](Br)c2ccccc2)c1)c1ccc(Br)cc1. The molecule has 1 amide bonds. The molecule has 0 aliphatic carbocycles. The van der Waals surface area contributed by atoms with Gasteiger partial charge in [-0.15, -0.1) is 0 Å². The number of rotatable bonds is 8. The van der Waals surface area contributed by atoms with Crippen LogP contribution in [-0.4, -0.2) is 23.8 Å². The van der Waals surface area contributed by atoms with E-state index in [9.17, 15) is 14.4 Å². The first kappa shape index (κ1) is 25.5. The first-order chi connectivity index (χ1) is 17.4. The zero-order valence-electron chi connectivity index (χ0n) is 18.9. The van der Waals surface area contributed by atoms with E-state index < -0.39 is 16.9 Å². The second-order valence-electron chi connectivity index (χ2n) is 7.91. The van der Waals surface area contributed by atoms with Crippen LogP contribution in [0.2, 0.25) is 0 Å². The lowest BCUT2D eigenvalue weighted by atomic mass is 9.99. The monoisotopic (exact) mass is 605 g/mol. The van der Waals surface area contributed by atoms with Crippen molar-refractivity contribution in [3.05, 3.63) is 136 Å². The van der Waals surface area contributed by atoms with Gasteiger partial charge < -0.3 is 10.1 Å². The summed E-state index contributed by atoms with van der Waals surface area (Å²) in [5.74, 6) is -1.31. The topological polar surface area (TPSA) is 72.5 Å². The number of benzene rings is 4. The Hall–Kier alpha value is -3.55. The fourth-order valence-electron chi connectivity index (χ4n) is 3.54. The first-order valence-electron chi connectivity index (χ1n) is 11.1. The van der Waals surface area contributed by atoms with Crippen LogP contribution in [0.15, 0.2) is 114 Å². The van der Waals surface area contributed by atoms with E-state index in [4.69, 9.17) is 4.74 Å². The van der Waals surface area contributed by atoms with E-state index >= 15 is 0 Å². The number of halogens is 2. The Morgan fingerprint density at radius 3 is 1.97 bits per heavy atom. The van der Waals surface area contributed by atoms with Crippen molar-refractivity contribution in [2.75, 3.05) is 5.32 Å². The molecule has 0 spiro atoms. The Morgan fingerprint density at radius 2 is 1.31 bits per heavy atom. The van der Waals surface area contributed by atoms with Gasteiger partial charge in [0.25, 0.3) is 5.91 Å². The normalized spacial score (nSPS) is 12.3. The number of hydrogen-bond donors (Lipinski definition) is 1. The molecule has 4 aromatic rings. The number of amides is 1. The van der Waals surface area contributed by atoms with Crippen molar-refractivity contribution in [2.24, 2.45) is 0 Å². The molecule has 1 N–H and O–H groups in total. The molecule has 7 heteroatoms. The van der Waals surface area contributed by atoms with Gasteiger partial charge in [-0.2, -0.15) is 0 Å². The highest BCUT2D eigenvalue weighted by Gasteiger charge is 2.32. The van der Waals surface area contributed by atoms with E-state index in [-0.39, 0.29) is 17.3 Å². The van der Waals surface area contributed by atoms with Crippen molar-refractivity contribution in [3.63, 3.8) is 0 Å². The summed E-state index contributed by atoms with van der Waals surface area (Å²) in [7, 11) is 0. The molecule has 0 unspecified atom stereocenters. The summed E-state index contributed by atoms with van der Waals surface area (Å²) in [4.78, 5) is 38.5. The molecule has 5 nitrogen and oxygen atoms in total. The predicted octanol–water partition coefficient (Wildman–Crippen LogP) is 7.25. The third-order valence-electron chi connectivity index (χ3n) is 5.40. The van der Waals surface area contributed by atoms with Crippen LogP contribution in [0.1, 0.15) is 41.5 Å². The average molecular weight is 607 g/mol. The van der Waals surface area contributed by atoms with E-state index in [1.54, 1.807) is 66.7 Å². The molecule has 0 radical (unpaired) electrons. The minimum absolute atomic E-state index is 0.210. The van der Waals surface area contributed by atoms with Gasteiger partial charge in [0, 0.05) is 21.3 Å². The number of anilines is 1. The number of nitrogens with one attached hydrogen (secondary N) is 1. The molecule has 4 aromatic carbocycles. The Balaban J connectivity index is 1.55. The molecule has 0 heterocycles. The number of carbonyl (C=O) groups excluding carboxylic acids is 3. The lowest BCUT2D eigenvalue weighted by Gasteiger charge is -2.22. The highest BCUT2D eigenvalue weighted by molar-refractivity contribution is 9.10. The number of ether oxygens (including phenoxy) is 1. The number of alkyl halides is 1. The van der Waals surface area contributed by atoms with Crippen molar-refractivity contribution < 1.29 is 19.1 Å². The second kappa shape index (κ2) is 11.9. The van der Waals surface area contributed by atoms with Crippen LogP contribution >= 0.6 is 31.9 Å². The van der Waals surface area contributed by atoms with Gasteiger partial charge in [0.05, 0.1) is 10.4 Å². The van der Waals surface area contributed by atoms with Gasteiger partial charge in [-0.05, 0) is 48.0 Å². The quantitative estimate of drug-likeness (QED) is 0.130. The van der Waals surface area contributed by atoms with Gasteiger partial charge in [0.1, 0.15) is 0 Å². The summed E-state index contributed by atoms with van der Waals surface area (Å²) in [5, 5.41) is 2.79. The third-order valence-corrected chi connectivity index (χ3v) is 6.93. The van der Waals surface area contributed by atoms with Gasteiger partial charge in [-0.1, -0.05) is 98.6 Å². The van der Waals surface area contributed by atoms with Crippen LogP contribution in [0.25, 0.3) is 0 Å². The molecule has 36 heavy (non-hydrogen) atoms. The first-order valence-corrected chi connectivity index (χ1v) is 12.8. The third kappa shape index (κ3) is 6.36. The molecular weight excluding hydrogens is 586 g/mol. The van der Waals surface area contributed by atoms with Crippen LogP contribution in [-0.2, 0) is 4.74 Å². The summed E-state index contributed by atoms with van der Waals surface area (Å²) in [6, 6.07) is 31.4. The predicted molar refractivity (Wildman–Crippen MR) is 147 cm³/mol. The fraction of sp³-hybridized carbons (Fsp3) is 0.0690. The number of Topliss-reactive ketones (excluding diaryl/α,β-unsaturated/α-hetero) is 1. The lowest BCUT2D eigenvalue weighted by molar-refractivity contribution is 0.0282. The number of esters is 1. The molecule has 0 aromatic heterocycles. The highest BCUT2D eigenvalue weighted by Crippen LogP contribution is 2.31. The van der Waals surface area contributed by atoms with E-state index in [1.165, 1.54) is 6.07 Å². The molecule has 2 atom stereocenters. The molecular formula is C29H21Br2NO4. The van der Waals surface area contributed by atoms with Crippen LogP contribution in [0.4, 0.5) is 5.69 Å². The average Bonchev–Trinajstić information content (AvgIpc) is 2.92. The summed E-state index contributed by atoms with van der Waals surface area (Å²) in [6.07, 6.45) is -1.11. The standard InChI is InChI=1S/C29H21Br2NO4/c30-23-16-14-21(15-17-23)28(34)32-24-13-7-12-22(18-24)29(35)36-27(25(31)19-8-3-1-4-9-19)26(33)20-10-5-2-6-11-20/h1-18,25,27H,(H,32,34)/t25-,27+/m0/s1. The zero-order valence-corrected chi connectivity index (χ0v) is 22.1. The minimum Gasteiger partial charge on any atom is -0.449 e. The largest absolute Gasteiger partial charge is 0.449 e. The van der Waals surface area contributed by atoms with Crippen LogP contribution in [0, 0.1) is 0 Å². The molecule has 0 saturated heterocycles. The maximum Gasteiger partial charge on any atom is 0.338 e. The number of carbonyl (C=O) groups is 3. The Kier molecular flexibility index (Phi) is 8.46. The summed E-state index contributed by atoms with van der Waals surface area (Å²) in [6.45, 7) is 0. The van der Waals surface area contributed by atoms with Crippen molar-refractivity contribution in [1.29, 1.82) is 0 Å². The Labute approximate surface area is 225 Å². The summed E-state index contributed by atoms with van der Waals surface area (Å²) < 4.78 is 6.64. The molecule has 4 rings (SSSR count). The molecule has 0 bridgehead atoms. The fourth-order valence-corrected chi connectivity index (χ4v) is 4.45. The summed E-state index contributed by atoms with van der Waals surface area (Å²) in [5.41, 5.74) is 2.36. The van der Waals surface area contributed by atoms with Gasteiger partial charge >= 0.3 is 5.97 Å². The smallest absolute Gasteiger partial charge is 0.338 e. The van der Waals surface area contributed by atoms with E-state index in [2.05, 4.69) is 37.2 Å². The van der Waals surface area contributed by atoms with Crippen molar-refractivity contribution >= 4 is 55.2 Å². The maximum absolute atomic E-state index is 13.4. The molecule has 0 saturated carbocycles. The van der Waals surface area contributed by atoms with Gasteiger partial charge in [-0.3, -0.25) is 9.59 Å². The van der Waals surface area contributed by atoms with E-state index in [0.29, 0.717) is 16.8 Å². The Bertz CT molecular complexity index is 1360. The van der Waals surface area contributed by atoms with Gasteiger partial charge in [-0.25, -0.2) is 4.79 Å². The van der Waals surface area contributed by atoms with Gasteiger partial charge in [0.15, 0.2) is 6.10 Å². The maximum atomic E-state index is 13.4. The zero-order chi connectivity index (χ0) is 25.5. The van der Waals surface area contributed by atoms with Crippen molar-refractivity contribution in [2.45, 2.75) is 10.9 Å². The van der Waals surface area contributed by atoms with E-state index in [1.807, 2.05) is 36.4 Å². The van der Waals surface area contributed by atoms with Gasteiger partial charge in [0.2, 0.25) is 5.78 Å². The van der Waals surface area contributed by atoms with Crippen LogP contribution in [0.5, 0.6) is 0 Å². The molecule has 180 valence electrons. The number of hydrogen-bond acceptors (Lipinski definition) is 4. The van der Waals surface area contributed by atoms with Crippen molar-refractivity contribution in [3.8, 4) is 0 Å². The van der Waals surface area contributed by atoms with Crippen LogP contribution < -0.4 is 5.32 Å². The molecule has 0 fully saturated rings. The highest BCUT2D eigenvalue weighted by atomic mass is 79.9. The van der Waals surface area contributed by atoms with E-state index in [0.717, 1.165) is 10.0 Å².